The molecule has 0 aromatic carbocycles. The van der Waals surface area contributed by atoms with E-state index in [1.54, 1.807) is 0 Å². The van der Waals surface area contributed by atoms with Gasteiger partial charge >= 0.3 is 189 Å². The normalized spacial score (nSPS) is 13.0. The molecule has 0 aromatic heterocycles. The van der Waals surface area contributed by atoms with E-state index in [1.165, 1.54) is 116 Å². The summed E-state index contributed by atoms with van der Waals surface area (Å²) in [6, 6.07) is 0. The van der Waals surface area contributed by atoms with Gasteiger partial charge in [-0.1, -0.05) is 0 Å². The molecule has 0 N–H and O–H groups in total. The summed E-state index contributed by atoms with van der Waals surface area (Å²) in [5.41, 5.74) is 0. The molecule has 0 spiro atoms. The molecule has 3 heteroatoms. The number of halogens is 1. The SMILES string of the molecule is CCCCCCCCP(Cl)(C=C=O)(CCCCCCCC)CCCCCCCC. The van der Waals surface area contributed by atoms with Crippen molar-refractivity contribution >= 4 is 23.1 Å². The van der Waals surface area contributed by atoms with Crippen LogP contribution in [0.25, 0.3) is 0 Å². The van der Waals surface area contributed by atoms with Gasteiger partial charge in [0.25, 0.3) is 0 Å². The topological polar surface area (TPSA) is 17.1 Å². The Labute approximate surface area is 188 Å². The summed E-state index contributed by atoms with van der Waals surface area (Å²) in [4.78, 5) is 11.5. The zero-order valence-electron chi connectivity index (χ0n) is 20.2. The Kier molecular flexibility index (Phi) is 19.0. The standard InChI is InChI=1S/C26H52ClOP/c1-4-7-10-13-16-19-23-29(27,26-22-28,24-20-17-14-11-8-5-2)25-21-18-15-12-9-6-3/h26H,4-21,23-25H2,1-3H3. The van der Waals surface area contributed by atoms with E-state index >= 15 is 0 Å². The van der Waals surface area contributed by atoms with E-state index in [0.29, 0.717) is 0 Å². The Morgan fingerprint density at radius 2 is 0.828 bits per heavy atom. The zero-order valence-corrected chi connectivity index (χ0v) is 21.8. The van der Waals surface area contributed by atoms with E-state index in [9.17, 15) is 4.79 Å². The first-order chi connectivity index (χ1) is 14.0. The van der Waals surface area contributed by atoms with Gasteiger partial charge in [0.15, 0.2) is 0 Å². The van der Waals surface area contributed by atoms with Crippen LogP contribution >= 0.6 is 17.2 Å². The summed E-state index contributed by atoms with van der Waals surface area (Å²) >= 11 is 7.53. The second-order valence-corrected chi connectivity index (χ2v) is 17.1. The Bertz CT molecular complexity index is 373. The van der Waals surface area contributed by atoms with Gasteiger partial charge in [-0.15, -0.1) is 0 Å². The van der Waals surface area contributed by atoms with Crippen molar-refractivity contribution in [1.29, 1.82) is 0 Å². The van der Waals surface area contributed by atoms with Crippen LogP contribution in [0.15, 0.2) is 5.82 Å². The van der Waals surface area contributed by atoms with Crippen LogP contribution in [0.4, 0.5) is 0 Å². The van der Waals surface area contributed by atoms with E-state index in [2.05, 4.69) is 26.7 Å². The quantitative estimate of drug-likeness (QED) is 0.0917. The van der Waals surface area contributed by atoms with Crippen molar-refractivity contribution < 1.29 is 4.79 Å². The van der Waals surface area contributed by atoms with Gasteiger partial charge in [-0.05, 0) is 0 Å². The fourth-order valence-corrected chi connectivity index (χ4v) is 9.90. The molecule has 0 aromatic rings. The van der Waals surface area contributed by atoms with Crippen LogP contribution in [-0.4, -0.2) is 24.4 Å². The Morgan fingerprint density at radius 1 is 0.552 bits per heavy atom. The molecule has 0 rings (SSSR count). The fourth-order valence-electron chi connectivity index (χ4n) is 4.46. The van der Waals surface area contributed by atoms with Crippen molar-refractivity contribution in [1.82, 2.24) is 0 Å². The van der Waals surface area contributed by atoms with Gasteiger partial charge < -0.3 is 0 Å². The second kappa shape index (κ2) is 18.9. The summed E-state index contributed by atoms with van der Waals surface area (Å²) in [7, 11) is 0. The molecule has 0 heterocycles. The molecular formula is C26H52ClOP. The van der Waals surface area contributed by atoms with Crippen molar-refractivity contribution in [3.8, 4) is 0 Å². The first-order valence-electron chi connectivity index (χ1n) is 13.0. The molecular weight excluding hydrogens is 395 g/mol. The number of hydrogen-bond donors (Lipinski definition) is 0. The van der Waals surface area contributed by atoms with Crippen LogP contribution in [0.1, 0.15) is 136 Å². The molecule has 0 aliphatic rings. The summed E-state index contributed by atoms with van der Waals surface area (Å²) < 4.78 is 0. The summed E-state index contributed by atoms with van der Waals surface area (Å²) in [6.45, 7) is 6.80. The molecule has 0 unspecified atom stereocenters. The van der Waals surface area contributed by atoms with Crippen LogP contribution in [-0.2, 0) is 4.79 Å². The third-order valence-electron chi connectivity index (χ3n) is 6.50. The van der Waals surface area contributed by atoms with Gasteiger partial charge in [0, 0.05) is 0 Å². The predicted octanol–water partition coefficient (Wildman–Crippen LogP) is 10.1. The van der Waals surface area contributed by atoms with E-state index in [4.69, 9.17) is 11.2 Å². The minimum absolute atomic E-state index is 1.07. The number of hydrogen-bond acceptors (Lipinski definition) is 1. The number of rotatable bonds is 22. The molecule has 1 nitrogen and oxygen atoms in total. The molecule has 0 bridgehead atoms. The average Bonchev–Trinajstić information content (AvgIpc) is 2.71. The third kappa shape index (κ3) is 15.6. The predicted molar refractivity (Wildman–Crippen MR) is 138 cm³/mol. The summed E-state index contributed by atoms with van der Waals surface area (Å²) in [6.07, 6.45) is 26.4. The van der Waals surface area contributed by atoms with Crippen molar-refractivity contribution in [2.75, 3.05) is 18.5 Å². The second-order valence-electron chi connectivity index (χ2n) is 9.40. The molecule has 0 aliphatic carbocycles. The van der Waals surface area contributed by atoms with Crippen molar-refractivity contribution in [2.24, 2.45) is 0 Å². The first-order valence-corrected chi connectivity index (χ1v) is 16.8. The molecule has 174 valence electrons. The Hall–Kier alpha value is 0.170. The zero-order chi connectivity index (χ0) is 21.7. The van der Waals surface area contributed by atoms with Crippen LogP contribution in [0.2, 0.25) is 0 Å². The van der Waals surface area contributed by atoms with E-state index in [1.807, 2.05) is 5.82 Å². The van der Waals surface area contributed by atoms with Crippen molar-refractivity contribution in [2.45, 2.75) is 136 Å². The maximum absolute atomic E-state index is 11.5. The molecule has 0 saturated carbocycles. The molecule has 29 heavy (non-hydrogen) atoms. The van der Waals surface area contributed by atoms with Crippen molar-refractivity contribution in [3.63, 3.8) is 0 Å². The van der Waals surface area contributed by atoms with Crippen LogP contribution in [0.5, 0.6) is 0 Å². The number of carbonyl (C=O) groups excluding carboxylic acids is 1. The molecule has 0 saturated heterocycles. The van der Waals surface area contributed by atoms with E-state index in [0.717, 1.165) is 18.5 Å². The van der Waals surface area contributed by atoms with Gasteiger partial charge in [-0.3, -0.25) is 0 Å². The average molecular weight is 447 g/mol. The van der Waals surface area contributed by atoms with Gasteiger partial charge in [0.2, 0.25) is 0 Å². The number of unbranched alkanes of at least 4 members (excludes halogenated alkanes) is 15. The van der Waals surface area contributed by atoms with Gasteiger partial charge in [-0.25, -0.2) is 0 Å². The third-order valence-corrected chi connectivity index (χ3v) is 13.2. The minimum atomic E-state index is -2.57. The summed E-state index contributed by atoms with van der Waals surface area (Å²) in [5, 5.41) is 0. The van der Waals surface area contributed by atoms with Gasteiger partial charge in [-0.2, -0.15) is 0 Å². The van der Waals surface area contributed by atoms with E-state index in [-0.39, 0.29) is 0 Å². The Balaban J connectivity index is 4.74. The molecule has 0 atom stereocenters. The van der Waals surface area contributed by atoms with Crippen molar-refractivity contribution in [3.05, 3.63) is 5.82 Å². The molecule has 0 fully saturated rings. The van der Waals surface area contributed by atoms with E-state index < -0.39 is 5.96 Å². The van der Waals surface area contributed by atoms with Gasteiger partial charge in [0.1, 0.15) is 0 Å². The van der Waals surface area contributed by atoms with Crippen LogP contribution in [0, 0.1) is 0 Å². The first kappa shape index (κ1) is 29.2. The summed E-state index contributed by atoms with van der Waals surface area (Å²) in [5.74, 6) is 1.47. The fraction of sp³-hybridized carbons (Fsp3) is 0.923. The van der Waals surface area contributed by atoms with Crippen LogP contribution in [0.3, 0.4) is 0 Å². The van der Waals surface area contributed by atoms with Crippen LogP contribution < -0.4 is 0 Å². The molecule has 0 aliphatic heterocycles. The van der Waals surface area contributed by atoms with Gasteiger partial charge in [0.05, 0.1) is 0 Å². The Morgan fingerprint density at radius 3 is 1.10 bits per heavy atom. The maximum atomic E-state index is 11.5. The molecule has 0 radical (unpaired) electrons. The molecule has 0 amide bonds. The monoisotopic (exact) mass is 446 g/mol.